The van der Waals surface area contributed by atoms with Crippen LogP contribution < -0.4 is 19.1 Å². The first-order valence-corrected chi connectivity index (χ1v) is 14.3. The van der Waals surface area contributed by atoms with Gasteiger partial charge in [0, 0.05) is 19.2 Å². The van der Waals surface area contributed by atoms with Gasteiger partial charge in [-0.15, -0.1) is 0 Å². The smallest absolute Gasteiger partial charge is 0.244 e. The Morgan fingerprint density at radius 3 is 2.24 bits per heavy atom. The molecule has 9 nitrogen and oxygen atoms in total. The zero-order chi connectivity index (χ0) is 27.4. The van der Waals surface area contributed by atoms with Gasteiger partial charge in [0.15, 0.2) is 11.5 Å². The number of hydrogen-bond acceptors (Lipinski definition) is 6. The minimum atomic E-state index is -3.84. The molecule has 0 aromatic heterocycles. The van der Waals surface area contributed by atoms with E-state index >= 15 is 0 Å². The van der Waals surface area contributed by atoms with E-state index in [0.717, 1.165) is 29.0 Å². The Labute approximate surface area is 220 Å². The summed E-state index contributed by atoms with van der Waals surface area (Å²) in [5.41, 5.74) is 1.28. The van der Waals surface area contributed by atoms with Crippen LogP contribution in [0, 0.1) is 0 Å². The van der Waals surface area contributed by atoms with Crippen molar-refractivity contribution in [2.75, 3.05) is 44.4 Å². The van der Waals surface area contributed by atoms with Crippen molar-refractivity contribution in [3.8, 4) is 11.5 Å². The van der Waals surface area contributed by atoms with E-state index in [1.807, 2.05) is 44.2 Å². The minimum Gasteiger partial charge on any atom is -0.493 e. The maximum Gasteiger partial charge on any atom is 0.244 e. The fourth-order valence-corrected chi connectivity index (χ4v) is 4.84. The number of carbonyl (C=O) groups excluding carboxylic acids is 2. The summed E-state index contributed by atoms with van der Waals surface area (Å²) in [5, 5.41) is 2.92. The Morgan fingerprint density at radius 2 is 1.68 bits per heavy atom. The molecule has 37 heavy (non-hydrogen) atoms. The van der Waals surface area contributed by atoms with Gasteiger partial charge in [-0.3, -0.25) is 13.9 Å². The van der Waals surface area contributed by atoms with Gasteiger partial charge in [-0.2, -0.15) is 0 Å². The highest BCUT2D eigenvalue weighted by molar-refractivity contribution is 7.92. The fourth-order valence-electron chi connectivity index (χ4n) is 4.00. The van der Waals surface area contributed by atoms with Crippen LogP contribution in [-0.2, 0) is 26.0 Å². The van der Waals surface area contributed by atoms with Crippen LogP contribution in [0.3, 0.4) is 0 Å². The lowest BCUT2D eigenvalue weighted by Gasteiger charge is -2.33. The van der Waals surface area contributed by atoms with E-state index < -0.39 is 28.5 Å². The number of rotatable bonds is 15. The number of hydrogen-bond donors (Lipinski definition) is 1. The average Bonchev–Trinajstić information content (AvgIpc) is 2.89. The Hall–Kier alpha value is -3.27. The Balaban J connectivity index is 2.38. The number of unbranched alkanes of at least 4 members (excludes halogenated alkanes) is 1. The molecule has 0 saturated heterocycles. The third kappa shape index (κ3) is 8.66. The third-order valence-corrected chi connectivity index (χ3v) is 7.17. The number of amides is 2. The van der Waals surface area contributed by atoms with Crippen molar-refractivity contribution in [3.05, 3.63) is 54.1 Å². The van der Waals surface area contributed by atoms with Crippen molar-refractivity contribution in [3.63, 3.8) is 0 Å². The molecule has 0 heterocycles. The lowest BCUT2D eigenvalue weighted by atomic mass is 10.1. The van der Waals surface area contributed by atoms with Crippen LogP contribution in [0.2, 0.25) is 0 Å². The summed E-state index contributed by atoms with van der Waals surface area (Å²) in [6, 6.07) is 13.6. The van der Waals surface area contributed by atoms with E-state index in [0.29, 0.717) is 30.9 Å². The molecule has 0 spiro atoms. The summed E-state index contributed by atoms with van der Waals surface area (Å²) < 4.78 is 37.1. The second-order valence-corrected chi connectivity index (χ2v) is 10.6. The molecular formula is C27H39N3O6S. The highest BCUT2D eigenvalue weighted by Gasteiger charge is 2.31. The molecule has 10 heteroatoms. The number of anilines is 1. The zero-order valence-electron chi connectivity index (χ0n) is 22.4. The molecular weight excluding hydrogens is 494 g/mol. The van der Waals surface area contributed by atoms with Gasteiger partial charge in [-0.25, -0.2) is 8.42 Å². The second kappa shape index (κ2) is 14.5. The molecule has 2 aromatic carbocycles. The van der Waals surface area contributed by atoms with Crippen molar-refractivity contribution in [1.82, 2.24) is 10.2 Å². The minimum absolute atomic E-state index is 0.241. The van der Waals surface area contributed by atoms with Crippen LogP contribution in [0.1, 0.15) is 38.7 Å². The van der Waals surface area contributed by atoms with Gasteiger partial charge in [-0.05, 0) is 37.0 Å². The number of sulfonamides is 1. The van der Waals surface area contributed by atoms with E-state index in [-0.39, 0.29) is 18.1 Å². The predicted octanol–water partition coefficient (Wildman–Crippen LogP) is 3.24. The van der Waals surface area contributed by atoms with Crippen LogP contribution in [0.4, 0.5) is 5.69 Å². The largest absolute Gasteiger partial charge is 0.493 e. The first kappa shape index (κ1) is 30.0. The Kier molecular flexibility index (Phi) is 11.7. The highest BCUT2D eigenvalue weighted by Crippen LogP contribution is 2.32. The summed E-state index contributed by atoms with van der Waals surface area (Å²) in [7, 11) is -0.907. The van der Waals surface area contributed by atoms with Gasteiger partial charge < -0.3 is 19.7 Å². The number of methoxy groups -OCH3 is 2. The first-order chi connectivity index (χ1) is 17.7. The van der Waals surface area contributed by atoms with Gasteiger partial charge in [0.2, 0.25) is 21.8 Å². The van der Waals surface area contributed by atoms with Crippen molar-refractivity contribution in [1.29, 1.82) is 0 Å². The van der Waals surface area contributed by atoms with E-state index in [9.17, 15) is 18.0 Å². The van der Waals surface area contributed by atoms with Crippen LogP contribution >= 0.6 is 0 Å². The van der Waals surface area contributed by atoms with E-state index in [2.05, 4.69) is 5.32 Å². The topological polar surface area (TPSA) is 105 Å². The number of benzene rings is 2. The van der Waals surface area contributed by atoms with Crippen LogP contribution in [0.15, 0.2) is 48.5 Å². The SMILES string of the molecule is CCCCNC(=O)[C@H](CC)N(CCc1ccccc1)C(=O)CN(c1ccc(OC)c(OC)c1)S(C)(=O)=O. The van der Waals surface area contributed by atoms with Crippen molar-refractivity contribution >= 4 is 27.5 Å². The zero-order valence-corrected chi connectivity index (χ0v) is 23.2. The molecule has 0 unspecified atom stereocenters. The van der Waals surface area contributed by atoms with Crippen molar-refractivity contribution < 1.29 is 27.5 Å². The van der Waals surface area contributed by atoms with Gasteiger partial charge in [-0.1, -0.05) is 50.6 Å². The molecule has 2 rings (SSSR count). The summed E-state index contributed by atoms with van der Waals surface area (Å²) in [6.07, 6.45) is 3.73. The molecule has 0 aliphatic heterocycles. The molecule has 0 fully saturated rings. The molecule has 2 aromatic rings. The van der Waals surface area contributed by atoms with E-state index in [1.165, 1.54) is 25.2 Å². The molecule has 204 valence electrons. The standard InChI is InChI=1S/C27H39N3O6S/c1-6-8-17-28-27(32)23(7-2)29(18-16-21-12-10-9-11-13-21)26(31)20-30(37(5,33)34)22-14-15-24(35-3)25(19-22)36-4/h9-15,19,23H,6-8,16-18,20H2,1-5H3,(H,28,32)/t23-/m0/s1. The summed E-state index contributed by atoms with van der Waals surface area (Å²) in [6.45, 7) is 4.21. The predicted molar refractivity (Wildman–Crippen MR) is 146 cm³/mol. The molecule has 0 aliphatic carbocycles. The highest BCUT2D eigenvalue weighted by atomic mass is 32.2. The number of carbonyl (C=O) groups is 2. The van der Waals surface area contributed by atoms with Crippen LogP contribution in [0.25, 0.3) is 0 Å². The first-order valence-electron chi connectivity index (χ1n) is 12.5. The van der Waals surface area contributed by atoms with Gasteiger partial charge >= 0.3 is 0 Å². The maximum atomic E-state index is 13.7. The molecule has 0 aliphatic rings. The molecule has 0 bridgehead atoms. The molecule has 1 N–H and O–H groups in total. The normalized spacial score (nSPS) is 11.9. The van der Waals surface area contributed by atoms with Crippen LogP contribution in [-0.4, -0.2) is 71.3 Å². The molecule has 0 radical (unpaired) electrons. The Bertz CT molecular complexity index is 1120. The molecule has 1 atom stereocenters. The van der Waals surface area contributed by atoms with Crippen molar-refractivity contribution in [2.45, 2.75) is 45.6 Å². The maximum absolute atomic E-state index is 13.7. The van der Waals surface area contributed by atoms with E-state index in [1.54, 1.807) is 12.1 Å². The fraction of sp³-hybridized carbons (Fsp3) is 0.481. The lowest BCUT2D eigenvalue weighted by molar-refractivity contribution is -0.139. The van der Waals surface area contributed by atoms with Crippen LogP contribution in [0.5, 0.6) is 11.5 Å². The summed E-state index contributed by atoms with van der Waals surface area (Å²) >= 11 is 0. The quantitative estimate of drug-likeness (QED) is 0.353. The number of nitrogens with zero attached hydrogens (tertiary/aromatic N) is 2. The second-order valence-electron chi connectivity index (χ2n) is 8.70. The average molecular weight is 534 g/mol. The Morgan fingerprint density at radius 1 is 1.00 bits per heavy atom. The monoisotopic (exact) mass is 533 g/mol. The number of nitrogens with one attached hydrogen (secondary N) is 1. The van der Waals surface area contributed by atoms with Gasteiger partial charge in [0.1, 0.15) is 12.6 Å². The van der Waals surface area contributed by atoms with E-state index in [4.69, 9.17) is 9.47 Å². The molecule has 0 saturated carbocycles. The third-order valence-electron chi connectivity index (χ3n) is 6.03. The lowest BCUT2D eigenvalue weighted by Crippen LogP contribution is -2.53. The summed E-state index contributed by atoms with van der Waals surface area (Å²) in [4.78, 5) is 28.2. The summed E-state index contributed by atoms with van der Waals surface area (Å²) in [5.74, 6) is 0.0668. The number of ether oxygens (including phenoxy) is 2. The van der Waals surface area contributed by atoms with Gasteiger partial charge in [0.25, 0.3) is 0 Å². The van der Waals surface area contributed by atoms with Gasteiger partial charge in [0.05, 0.1) is 26.2 Å². The molecule has 2 amide bonds. The van der Waals surface area contributed by atoms with Crippen molar-refractivity contribution in [2.24, 2.45) is 0 Å².